The number of amides is 1. The first-order valence-corrected chi connectivity index (χ1v) is 11.0. The first-order chi connectivity index (χ1) is 15.7. The van der Waals surface area contributed by atoms with E-state index in [-0.39, 0.29) is 30.2 Å². The van der Waals surface area contributed by atoms with Gasteiger partial charge in [0, 0.05) is 49.6 Å². The molecule has 0 aliphatic carbocycles. The molecule has 0 bridgehead atoms. The molecular formula is C26H29ClN4O2. The number of halogens is 1. The Morgan fingerprint density at radius 2 is 1.91 bits per heavy atom. The summed E-state index contributed by atoms with van der Waals surface area (Å²) in [7, 11) is 1.70. The number of benzene rings is 2. The molecule has 33 heavy (non-hydrogen) atoms. The lowest BCUT2D eigenvalue weighted by molar-refractivity contribution is -0.121. The molecule has 0 unspecified atom stereocenters. The average molecular weight is 465 g/mol. The molecular weight excluding hydrogens is 436 g/mol. The predicted octanol–water partition coefficient (Wildman–Crippen LogP) is 4.47. The molecule has 2 aromatic carbocycles. The molecule has 0 radical (unpaired) electrons. The average Bonchev–Trinajstić information content (AvgIpc) is 3.39. The summed E-state index contributed by atoms with van der Waals surface area (Å²) in [6.07, 6.45) is 6.36. The van der Waals surface area contributed by atoms with Crippen molar-refractivity contribution in [2.45, 2.75) is 25.8 Å². The van der Waals surface area contributed by atoms with Gasteiger partial charge in [0.05, 0.1) is 24.6 Å². The first kappa shape index (κ1) is 24.5. The van der Waals surface area contributed by atoms with Crippen molar-refractivity contribution in [3.63, 3.8) is 0 Å². The van der Waals surface area contributed by atoms with Gasteiger partial charge in [-0.15, -0.1) is 12.4 Å². The smallest absolute Gasteiger partial charge is 0.230 e. The number of rotatable bonds is 9. The highest BCUT2D eigenvalue weighted by Crippen LogP contribution is 2.33. The number of para-hydroxylation sites is 1. The molecule has 172 valence electrons. The molecule has 4 rings (SSSR count). The highest BCUT2D eigenvalue weighted by Gasteiger charge is 2.40. The zero-order chi connectivity index (χ0) is 22.3. The zero-order valence-corrected chi connectivity index (χ0v) is 19.6. The molecule has 3 aromatic rings. The van der Waals surface area contributed by atoms with E-state index in [4.69, 9.17) is 10.00 Å². The second-order valence-corrected chi connectivity index (χ2v) is 8.32. The summed E-state index contributed by atoms with van der Waals surface area (Å²) in [5, 5.41) is 8.97. The maximum Gasteiger partial charge on any atom is 0.230 e. The van der Waals surface area contributed by atoms with E-state index in [0.29, 0.717) is 18.7 Å². The van der Waals surface area contributed by atoms with Crippen molar-refractivity contribution in [2.24, 2.45) is 11.8 Å². The minimum absolute atomic E-state index is 0. The zero-order valence-electron chi connectivity index (χ0n) is 18.8. The third-order valence-corrected chi connectivity index (χ3v) is 6.20. The van der Waals surface area contributed by atoms with Crippen LogP contribution < -0.4 is 4.90 Å². The van der Waals surface area contributed by atoms with Crippen LogP contribution in [0.5, 0.6) is 0 Å². The molecule has 1 fully saturated rings. The molecule has 2 atom stereocenters. The van der Waals surface area contributed by atoms with Crippen LogP contribution in [0.3, 0.4) is 0 Å². The van der Waals surface area contributed by atoms with Crippen molar-refractivity contribution in [1.82, 2.24) is 9.55 Å². The third-order valence-electron chi connectivity index (χ3n) is 6.20. The lowest BCUT2D eigenvalue weighted by atomic mass is 9.91. The Morgan fingerprint density at radius 3 is 2.61 bits per heavy atom. The van der Waals surface area contributed by atoms with Gasteiger partial charge in [-0.25, -0.2) is 4.98 Å². The Morgan fingerprint density at radius 1 is 1.15 bits per heavy atom. The highest BCUT2D eigenvalue weighted by molar-refractivity contribution is 5.97. The van der Waals surface area contributed by atoms with Crippen LogP contribution in [0.15, 0.2) is 67.1 Å². The monoisotopic (exact) mass is 464 g/mol. The summed E-state index contributed by atoms with van der Waals surface area (Å²) >= 11 is 0. The molecule has 1 saturated heterocycles. The maximum absolute atomic E-state index is 13.2. The van der Waals surface area contributed by atoms with E-state index in [0.717, 1.165) is 42.8 Å². The molecule has 1 aromatic heterocycles. The van der Waals surface area contributed by atoms with Gasteiger partial charge in [0.2, 0.25) is 5.91 Å². The molecule has 1 aliphatic heterocycles. The minimum atomic E-state index is -0.0231. The van der Waals surface area contributed by atoms with Crippen LogP contribution in [-0.2, 0) is 22.5 Å². The number of nitrogens with zero attached hydrogens (tertiary/aromatic N) is 4. The summed E-state index contributed by atoms with van der Waals surface area (Å²) in [5.41, 5.74) is 3.91. The van der Waals surface area contributed by atoms with Crippen LogP contribution in [-0.4, -0.2) is 35.7 Å². The van der Waals surface area contributed by atoms with Gasteiger partial charge in [0.15, 0.2) is 0 Å². The Kier molecular flexibility index (Phi) is 8.65. The number of ether oxygens (including phenoxy) is 1. The number of methoxy groups -OCH3 is 1. The number of hydrogen-bond acceptors (Lipinski definition) is 4. The molecule has 2 heterocycles. The summed E-state index contributed by atoms with van der Waals surface area (Å²) in [5.74, 6) is 0.380. The van der Waals surface area contributed by atoms with Gasteiger partial charge in [-0.05, 0) is 49.1 Å². The van der Waals surface area contributed by atoms with Crippen LogP contribution in [0.2, 0.25) is 0 Å². The van der Waals surface area contributed by atoms with Crippen molar-refractivity contribution in [2.75, 3.05) is 25.2 Å². The second-order valence-electron chi connectivity index (χ2n) is 8.32. The number of carbonyl (C=O) groups excluding carboxylic acids is 1. The Labute approximate surface area is 201 Å². The van der Waals surface area contributed by atoms with Crippen LogP contribution in [0.1, 0.15) is 29.7 Å². The number of hydrogen-bond donors (Lipinski definition) is 0. The number of aryl methyl sites for hydroxylation is 1. The summed E-state index contributed by atoms with van der Waals surface area (Å²) < 4.78 is 7.57. The molecule has 0 N–H and O–H groups in total. The van der Waals surface area contributed by atoms with Crippen molar-refractivity contribution in [1.29, 1.82) is 5.26 Å². The largest absolute Gasteiger partial charge is 0.384 e. The highest BCUT2D eigenvalue weighted by atomic mass is 35.5. The number of nitriles is 1. The Bertz CT molecular complexity index is 1080. The van der Waals surface area contributed by atoms with E-state index in [2.05, 4.69) is 15.6 Å². The summed E-state index contributed by atoms with van der Waals surface area (Å²) in [4.78, 5) is 19.4. The Balaban J connectivity index is 0.00000306. The molecule has 7 heteroatoms. The third kappa shape index (κ3) is 5.81. The van der Waals surface area contributed by atoms with Crippen molar-refractivity contribution < 1.29 is 9.53 Å². The number of carbonyl (C=O) groups is 1. The molecule has 6 nitrogen and oxygen atoms in total. The van der Waals surface area contributed by atoms with Gasteiger partial charge in [-0.3, -0.25) is 4.79 Å². The van der Waals surface area contributed by atoms with Gasteiger partial charge < -0.3 is 14.2 Å². The van der Waals surface area contributed by atoms with Crippen LogP contribution in [0.4, 0.5) is 5.69 Å². The molecule has 0 spiro atoms. The predicted molar refractivity (Wildman–Crippen MR) is 130 cm³/mol. The van der Waals surface area contributed by atoms with Crippen LogP contribution >= 0.6 is 12.4 Å². The lowest BCUT2D eigenvalue weighted by Gasteiger charge is -2.16. The van der Waals surface area contributed by atoms with Crippen molar-refractivity contribution in [3.05, 3.63) is 83.9 Å². The van der Waals surface area contributed by atoms with Gasteiger partial charge in [0.1, 0.15) is 0 Å². The van der Waals surface area contributed by atoms with Crippen LogP contribution in [0, 0.1) is 23.2 Å². The van der Waals surface area contributed by atoms with E-state index in [1.165, 1.54) is 0 Å². The standard InChI is InChI=1S/C26H28N4O2.ClH/c1-32-18-22-17-30(23-6-3-2-4-7-23)26(31)25(22)9-5-8-24-15-28-19-29(24)16-21-12-10-20(14-27)11-13-21;/h2-4,6-7,10-13,15,19,22,25H,5,8-9,16-18H2,1H3;1H/t22-,25-;/m1./s1. The van der Waals surface area contributed by atoms with E-state index in [1.54, 1.807) is 7.11 Å². The molecule has 1 aliphatic rings. The maximum atomic E-state index is 13.2. The van der Waals surface area contributed by atoms with Crippen molar-refractivity contribution >= 4 is 24.0 Å². The number of imidazole rings is 1. The Hall–Kier alpha value is -3.14. The molecule has 0 saturated carbocycles. The van der Waals surface area contributed by atoms with Gasteiger partial charge in [0.25, 0.3) is 0 Å². The fourth-order valence-corrected chi connectivity index (χ4v) is 4.52. The SMILES string of the molecule is COC[C@H]1CN(c2ccccc2)C(=O)[C@@H]1CCCc1cncn1Cc1ccc(C#N)cc1.Cl. The second kappa shape index (κ2) is 11.6. The number of anilines is 1. The van der Waals surface area contributed by atoms with E-state index < -0.39 is 0 Å². The summed E-state index contributed by atoms with van der Waals surface area (Å²) in [6.45, 7) is 2.02. The lowest BCUT2D eigenvalue weighted by Crippen LogP contribution is -2.26. The quantitative estimate of drug-likeness (QED) is 0.468. The van der Waals surface area contributed by atoms with E-state index >= 15 is 0 Å². The van der Waals surface area contributed by atoms with E-state index in [1.807, 2.05) is 72.0 Å². The number of aromatic nitrogens is 2. The fraction of sp³-hybridized carbons (Fsp3) is 0.346. The molecule has 1 amide bonds. The van der Waals surface area contributed by atoms with Gasteiger partial charge in [-0.1, -0.05) is 30.3 Å². The fourth-order valence-electron chi connectivity index (χ4n) is 4.52. The normalized spacial score (nSPS) is 17.6. The van der Waals surface area contributed by atoms with Crippen molar-refractivity contribution in [3.8, 4) is 6.07 Å². The first-order valence-electron chi connectivity index (χ1n) is 11.0. The van der Waals surface area contributed by atoms with E-state index in [9.17, 15) is 4.79 Å². The minimum Gasteiger partial charge on any atom is -0.384 e. The summed E-state index contributed by atoms with van der Waals surface area (Å²) in [6, 6.07) is 19.7. The van der Waals surface area contributed by atoms with Gasteiger partial charge in [-0.2, -0.15) is 5.26 Å². The topological polar surface area (TPSA) is 71.2 Å². The van der Waals surface area contributed by atoms with Gasteiger partial charge >= 0.3 is 0 Å². The van der Waals surface area contributed by atoms with Crippen LogP contribution in [0.25, 0.3) is 0 Å².